The van der Waals surface area contributed by atoms with Crippen molar-refractivity contribution < 1.29 is 14.3 Å². The molecule has 0 radical (unpaired) electrons. The van der Waals surface area contributed by atoms with Crippen molar-refractivity contribution in [2.45, 2.75) is 6.92 Å². The average Bonchev–Trinajstić information content (AvgIpc) is 3.30. The molecule has 3 rings (SSSR count). The van der Waals surface area contributed by atoms with Gasteiger partial charge in [0.15, 0.2) is 5.82 Å². The Labute approximate surface area is 147 Å². The van der Waals surface area contributed by atoms with E-state index in [0.717, 1.165) is 10.6 Å². The molecule has 0 spiro atoms. The van der Waals surface area contributed by atoms with Gasteiger partial charge in [0.25, 0.3) is 0 Å². The second-order valence-corrected chi connectivity index (χ2v) is 5.73. The summed E-state index contributed by atoms with van der Waals surface area (Å²) in [6, 6.07) is 13.2. The van der Waals surface area contributed by atoms with Crippen LogP contribution < -0.4 is 10.9 Å². The summed E-state index contributed by atoms with van der Waals surface area (Å²) in [6.45, 7) is 1.86. The van der Waals surface area contributed by atoms with E-state index in [1.807, 2.05) is 47.8 Å². The van der Waals surface area contributed by atoms with E-state index in [9.17, 15) is 9.59 Å². The third kappa shape index (κ3) is 3.83. The monoisotopic (exact) mass is 357 g/mol. The van der Waals surface area contributed by atoms with E-state index < -0.39 is 12.0 Å². The lowest BCUT2D eigenvalue weighted by atomic mass is 10.3. The average molecular weight is 357 g/mol. The second-order valence-electron chi connectivity index (χ2n) is 4.78. The number of nitrogens with zero attached hydrogens (tertiary/aromatic N) is 3. The van der Waals surface area contributed by atoms with Crippen molar-refractivity contribution in [2.24, 2.45) is 0 Å². The van der Waals surface area contributed by atoms with Crippen LogP contribution >= 0.6 is 11.3 Å². The molecule has 3 aromatic rings. The Kier molecular flexibility index (Phi) is 5.05. The Morgan fingerprint density at radius 2 is 1.96 bits per heavy atom. The van der Waals surface area contributed by atoms with Crippen molar-refractivity contribution in [1.29, 1.82) is 0 Å². The van der Waals surface area contributed by atoms with Crippen LogP contribution in [0.2, 0.25) is 0 Å². The van der Waals surface area contributed by atoms with Crippen molar-refractivity contribution in [1.82, 2.24) is 25.6 Å². The number of carbonyl (C=O) groups is 2. The standard InChI is InChI=1S/C16H15N5O3S/c1-2-24-16(23)19-18-15(22)13-17-14(12-9-6-10-25-12)21(20-13)11-7-4-3-5-8-11/h3-10H,2H2,1H3,(H,18,22)(H,19,23). The SMILES string of the molecule is CCOC(=O)NNC(=O)c1nc(-c2cccs2)n(-c2ccccc2)n1. The number of rotatable bonds is 4. The smallest absolute Gasteiger partial charge is 0.426 e. The third-order valence-corrected chi connectivity index (χ3v) is 3.97. The fourth-order valence-corrected chi connectivity index (χ4v) is 2.75. The number of carbonyl (C=O) groups excluding carboxylic acids is 2. The molecular formula is C16H15N5O3S. The zero-order valence-corrected chi connectivity index (χ0v) is 14.1. The van der Waals surface area contributed by atoms with Crippen LogP contribution in [0.5, 0.6) is 0 Å². The molecule has 0 aliphatic heterocycles. The van der Waals surface area contributed by atoms with Gasteiger partial charge in [-0.15, -0.1) is 16.4 Å². The first kappa shape index (κ1) is 16.7. The predicted molar refractivity (Wildman–Crippen MR) is 92.3 cm³/mol. The molecule has 0 bridgehead atoms. The molecule has 8 nitrogen and oxygen atoms in total. The molecule has 2 heterocycles. The molecule has 0 saturated heterocycles. The van der Waals surface area contributed by atoms with Crippen LogP contribution in [0.3, 0.4) is 0 Å². The molecule has 0 aliphatic rings. The molecule has 25 heavy (non-hydrogen) atoms. The Morgan fingerprint density at radius 1 is 1.16 bits per heavy atom. The number of hydrazine groups is 1. The van der Waals surface area contributed by atoms with Gasteiger partial charge in [0.1, 0.15) is 0 Å². The lowest BCUT2D eigenvalue weighted by Crippen LogP contribution is -2.42. The van der Waals surface area contributed by atoms with Gasteiger partial charge in [-0.25, -0.2) is 19.9 Å². The number of para-hydroxylation sites is 1. The van der Waals surface area contributed by atoms with Crippen molar-refractivity contribution >= 4 is 23.3 Å². The highest BCUT2D eigenvalue weighted by atomic mass is 32.1. The molecular weight excluding hydrogens is 342 g/mol. The Balaban J connectivity index is 1.89. The normalized spacial score (nSPS) is 10.3. The minimum Gasteiger partial charge on any atom is -0.449 e. The molecule has 0 saturated carbocycles. The highest BCUT2D eigenvalue weighted by molar-refractivity contribution is 7.13. The van der Waals surface area contributed by atoms with Crippen molar-refractivity contribution in [3.63, 3.8) is 0 Å². The van der Waals surface area contributed by atoms with Gasteiger partial charge in [0, 0.05) is 0 Å². The summed E-state index contributed by atoms with van der Waals surface area (Å²) in [7, 11) is 0. The van der Waals surface area contributed by atoms with E-state index in [1.54, 1.807) is 11.6 Å². The molecule has 0 aliphatic carbocycles. The minimum atomic E-state index is -0.753. The maximum Gasteiger partial charge on any atom is 0.426 e. The quantitative estimate of drug-likeness (QED) is 0.699. The minimum absolute atomic E-state index is 0.0657. The third-order valence-electron chi connectivity index (χ3n) is 3.11. The summed E-state index contributed by atoms with van der Waals surface area (Å²) < 4.78 is 6.26. The number of hydrogen-bond donors (Lipinski definition) is 2. The summed E-state index contributed by atoms with van der Waals surface area (Å²) in [5.41, 5.74) is 5.13. The summed E-state index contributed by atoms with van der Waals surface area (Å²) in [5, 5.41) is 6.19. The number of nitrogens with one attached hydrogen (secondary N) is 2. The first-order chi connectivity index (χ1) is 12.2. The van der Waals surface area contributed by atoms with Gasteiger partial charge < -0.3 is 4.74 Å². The van der Waals surface area contributed by atoms with Gasteiger partial charge in [-0.05, 0) is 30.5 Å². The summed E-state index contributed by atoms with van der Waals surface area (Å²) in [6.07, 6.45) is -0.753. The van der Waals surface area contributed by atoms with E-state index in [4.69, 9.17) is 0 Å². The number of thiophene rings is 1. The molecule has 1 aromatic carbocycles. The molecule has 0 atom stereocenters. The predicted octanol–water partition coefficient (Wildman–Crippen LogP) is 2.39. The summed E-state index contributed by atoms with van der Waals surface area (Å²) in [4.78, 5) is 28.7. The zero-order valence-electron chi connectivity index (χ0n) is 13.3. The van der Waals surface area contributed by atoms with E-state index >= 15 is 0 Å². The van der Waals surface area contributed by atoms with E-state index in [0.29, 0.717) is 5.82 Å². The van der Waals surface area contributed by atoms with E-state index in [1.165, 1.54) is 11.3 Å². The van der Waals surface area contributed by atoms with Gasteiger partial charge >= 0.3 is 12.0 Å². The topological polar surface area (TPSA) is 98.1 Å². The second kappa shape index (κ2) is 7.58. The van der Waals surface area contributed by atoms with Crippen molar-refractivity contribution in [3.8, 4) is 16.4 Å². The van der Waals surface area contributed by atoms with Crippen molar-refractivity contribution in [3.05, 3.63) is 53.7 Å². The van der Waals surface area contributed by atoms with Gasteiger partial charge in [-0.2, -0.15) is 0 Å². The number of aromatic nitrogens is 3. The van der Waals surface area contributed by atoms with Crippen LogP contribution in [0.4, 0.5) is 4.79 Å². The maximum atomic E-state index is 12.2. The molecule has 2 aromatic heterocycles. The largest absolute Gasteiger partial charge is 0.449 e. The van der Waals surface area contributed by atoms with Crippen molar-refractivity contribution in [2.75, 3.05) is 6.61 Å². The molecule has 2 amide bonds. The number of amides is 2. The van der Waals surface area contributed by atoms with Crippen LogP contribution in [-0.4, -0.2) is 33.4 Å². The lowest BCUT2D eigenvalue weighted by Gasteiger charge is -2.04. The molecule has 0 fully saturated rings. The molecule has 2 N–H and O–H groups in total. The molecule has 9 heteroatoms. The Bertz CT molecular complexity index is 861. The Morgan fingerprint density at radius 3 is 2.64 bits per heavy atom. The van der Waals surface area contributed by atoms with Crippen LogP contribution in [0.15, 0.2) is 47.8 Å². The zero-order chi connectivity index (χ0) is 17.6. The van der Waals surface area contributed by atoms with E-state index in [-0.39, 0.29) is 12.4 Å². The number of hydrogen-bond acceptors (Lipinski definition) is 6. The summed E-state index contributed by atoms with van der Waals surface area (Å²) in [5.74, 6) is -0.160. The Hall–Kier alpha value is -3.20. The molecule has 0 unspecified atom stereocenters. The van der Waals surface area contributed by atoms with Gasteiger partial charge in [-0.3, -0.25) is 10.2 Å². The van der Waals surface area contributed by atoms with E-state index in [2.05, 4.69) is 25.7 Å². The fraction of sp³-hybridized carbons (Fsp3) is 0.125. The van der Waals surface area contributed by atoms with Gasteiger partial charge in [0.2, 0.25) is 5.82 Å². The van der Waals surface area contributed by atoms with Crippen LogP contribution in [-0.2, 0) is 4.74 Å². The maximum absolute atomic E-state index is 12.2. The highest BCUT2D eigenvalue weighted by Crippen LogP contribution is 2.25. The van der Waals surface area contributed by atoms with Crippen LogP contribution in [0.25, 0.3) is 16.4 Å². The lowest BCUT2D eigenvalue weighted by molar-refractivity contribution is 0.0902. The fourth-order valence-electron chi connectivity index (χ4n) is 2.05. The van der Waals surface area contributed by atoms with Gasteiger partial charge in [-0.1, -0.05) is 24.3 Å². The molecule has 128 valence electrons. The first-order valence-electron chi connectivity index (χ1n) is 7.48. The van der Waals surface area contributed by atoms with Gasteiger partial charge in [0.05, 0.1) is 17.2 Å². The number of benzene rings is 1. The van der Waals surface area contributed by atoms with Crippen LogP contribution in [0, 0.1) is 0 Å². The summed E-state index contributed by atoms with van der Waals surface area (Å²) >= 11 is 1.49. The first-order valence-corrected chi connectivity index (χ1v) is 8.36. The number of ether oxygens (including phenoxy) is 1. The van der Waals surface area contributed by atoms with Crippen LogP contribution in [0.1, 0.15) is 17.5 Å². The highest BCUT2D eigenvalue weighted by Gasteiger charge is 2.19.